The number of benzene rings is 2. The molecule has 24 heavy (non-hydrogen) atoms. The van der Waals surface area contributed by atoms with Crippen LogP contribution in [0.25, 0.3) is 0 Å². The molecule has 0 aliphatic rings. The molecule has 2 rings (SSSR count). The van der Waals surface area contributed by atoms with Crippen molar-refractivity contribution in [1.82, 2.24) is 4.90 Å². The molecule has 0 N–H and O–H groups in total. The van der Waals surface area contributed by atoms with Crippen LogP contribution >= 0.6 is 23.2 Å². The third-order valence-electron chi connectivity index (χ3n) is 3.80. The second-order valence-corrected chi connectivity index (χ2v) is 8.48. The van der Waals surface area contributed by atoms with E-state index in [2.05, 4.69) is 0 Å². The highest BCUT2D eigenvalue weighted by Gasteiger charge is 2.20. The largest absolute Gasteiger partial charge is 0.335 e. The SMILES string of the molecule is CC(c1ccc(S(C)(=O)=O)cc1)N(C)C(=O)c1cc(Cl)cc(Cl)c1. The van der Waals surface area contributed by atoms with Crippen LogP contribution in [0.15, 0.2) is 47.4 Å². The summed E-state index contributed by atoms with van der Waals surface area (Å²) in [7, 11) is -1.57. The highest BCUT2D eigenvalue weighted by molar-refractivity contribution is 7.90. The van der Waals surface area contributed by atoms with Gasteiger partial charge in [0, 0.05) is 28.9 Å². The Kier molecular flexibility index (Phi) is 5.58. The maximum atomic E-state index is 12.6. The van der Waals surface area contributed by atoms with Crippen LogP contribution in [0.3, 0.4) is 0 Å². The van der Waals surface area contributed by atoms with Gasteiger partial charge in [-0.15, -0.1) is 0 Å². The van der Waals surface area contributed by atoms with Crippen molar-refractivity contribution in [1.29, 1.82) is 0 Å². The first-order valence-electron chi connectivity index (χ1n) is 7.13. The number of sulfone groups is 1. The van der Waals surface area contributed by atoms with Crippen molar-refractivity contribution in [3.8, 4) is 0 Å². The number of amides is 1. The first-order valence-corrected chi connectivity index (χ1v) is 9.77. The van der Waals surface area contributed by atoms with Crippen molar-refractivity contribution in [2.75, 3.05) is 13.3 Å². The van der Waals surface area contributed by atoms with Gasteiger partial charge in [-0.1, -0.05) is 35.3 Å². The normalized spacial score (nSPS) is 12.7. The summed E-state index contributed by atoms with van der Waals surface area (Å²) in [6.07, 6.45) is 1.16. The van der Waals surface area contributed by atoms with E-state index in [1.165, 1.54) is 12.1 Å². The molecule has 0 bridgehead atoms. The Morgan fingerprint density at radius 2 is 1.54 bits per heavy atom. The second-order valence-electron chi connectivity index (χ2n) is 5.59. The Morgan fingerprint density at radius 3 is 2.00 bits per heavy atom. The van der Waals surface area contributed by atoms with Gasteiger partial charge < -0.3 is 4.90 Å². The Bertz CT molecular complexity index is 844. The molecule has 1 unspecified atom stereocenters. The zero-order valence-electron chi connectivity index (χ0n) is 13.5. The Labute approximate surface area is 151 Å². The molecule has 128 valence electrons. The predicted octanol–water partition coefficient (Wildman–Crippen LogP) is 4.23. The molecule has 0 saturated carbocycles. The molecule has 0 fully saturated rings. The maximum Gasteiger partial charge on any atom is 0.254 e. The fourth-order valence-corrected chi connectivity index (χ4v) is 3.43. The van der Waals surface area contributed by atoms with Crippen LogP contribution in [0.4, 0.5) is 0 Å². The molecule has 1 atom stereocenters. The average Bonchev–Trinajstić information content (AvgIpc) is 2.51. The second kappa shape index (κ2) is 7.13. The van der Waals surface area contributed by atoms with Gasteiger partial charge in [0.1, 0.15) is 0 Å². The lowest BCUT2D eigenvalue weighted by molar-refractivity contribution is 0.0742. The molecular weight excluding hydrogens is 369 g/mol. The van der Waals surface area contributed by atoms with E-state index in [0.29, 0.717) is 15.6 Å². The zero-order valence-corrected chi connectivity index (χ0v) is 15.8. The van der Waals surface area contributed by atoms with Gasteiger partial charge in [0.25, 0.3) is 5.91 Å². The summed E-state index contributed by atoms with van der Waals surface area (Å²) in [6, 6.07) is 10.9. The molecule has 1 amide bonds. The molecular formula is C17H17Cl2NO3S. The molecule has 7 heteroatoms. The minimum Gasteiger partial charge on any atom is -0.335 e. The average molecular weight is 386 g/mol. The lowest BCUT2D eigenvalue weighted by Gasteiger charge is -2.25. The van der Waals surface area contributed by atoms with Crippen molar-refractivity contribution in [3.63, 3.8) is 0 Å². The fraction of sp³-hybridized carbons (Fsp3) is 0.235. The van der Waals surface area contributed by atoms with E-state index < -0.39 is 9.84 Å². The van der Waals surface area contributed by atoms with Crippen LogP contribution in [0, 0.1) is 0 Å². The molecule has 0 aliphatic heterocycles. The monoisotopic (exact) mass is 385 g/mol. The molecule has 0 aromatic heterocycles. The van der Waals surface area contributed by atoms with Gasteiger partial charge in [0.15, 0.2) is 9.84 Å². The van der Waals surface area contributed by atoms with Gasteiger partial charge in [0.2, 0.25) is 0 Å². The van der Waals surface area contributed by atoms with Crippen LogP contribution in [0.5, 0.6) is 0 Å². The van der Waals surface area contributed by atoms with E-state index in [9.17, 15) is 13.2 Å². The highest BCUT2D eigenvalue weighted by atomic mass is 35.5. The van der Waals surface area contributed by atoms with E-state index in [1.54, 1.807) is 42.3 Å². The smallest absolute Gasteiger partial charge is 0.254 e. The third kappa shape index (κ3) is 4.29. The lowest BCUT2D eigenvalue weighted by Crippen LogP contribution is -2.29. The van der Waals surface area contributed by atoms with Crippen LogP contribution in [0.1, 0.15) is 28.9 Å². The van der Waals surface area contributed by atoms with E-state index in [1.807, 2.05) is 6.92 Å². The third-order valence-corrected chi connectivity index (χ3v) is 5.37. The molecule has 2 aromatic rings. The fourth-order valence-electron chi connectivity index (χ4n) is 2.27. The van der Waals surface area contributed by atoms with Crippen LogP contribution in [0.2, 0.25) is 10.0 Å². The van der Waals surface area contributed by atoms with Gasteiger partial charge in [-0.25, -0.2) is 8.42 Å². The van der Waals surface area contributed by atoms with Crippen molar-refractivity contribution in [2.45, 2.75) is 17.9 Å². The summed E-state index contributed by atoms with van der Waals surface area (Å²) < 4.78 is 23.0. The topological polar surface area (TPSA) is 54.5 Å². The first-order chi connectivity index (χ1) is 11.1. The number of hydrogen-bond acceptors (Lipinski definition) is 3. The lowest BCUT2D eigenvalue weighted by atomic mass is 10.1. The minimum absolute atomic E-state index is 0.223. The van der Waals surface area contributed by atoms with Gasteiger partial charge in [-0.05, 0) is 42.8 Å². The quantitative estimate of drug-likeness (QED) is 0.790. The predicted molar refractivity (Wildman–Crippen MR) is 96.5 cm³/mol. The van der Waals surface area contributed by atoms with Crippen molar-refractivity contribution in [2.24, 2.45) is 0 Å². The molecule has 0 spiro atoms. The van der Waals surface area contributed by atoms with E-state index >= 15 is 0 Å². The number of carbonyl (C=O) groups excluding carboxylic acids is 1. The summed E-state index contributed by atoms with van der Waals surface area (Å²) in [6.45, 7) is 1.86. The number of nitrogens with zero attached hydrogens (tertiary/aromatic N) is 1. The highest BCUT2D eigenvalue weighted by Crippen LogP contribution is 2.25. The van der Waals surface area contributed by atoms with E-state index in [4.69, 9.17) is 23.2 Å². The summed E-state index contributed by atoms with van der Waals surface area (Å²) >= 11 is 11.9. The summed E-state index contributed by atoms with van der Waals surface area (Å²) in [5.74, 6) is -0.223. The molecule has 0 heterocycles. The van der Waals surface area contributed by atoms with Gasteiger partial charge >= 0.3 is 0 Å². The van der Waals surface area contributed by atoms with E-state index in [0.717, 1.165) is 11.8 Å². The van der Waals surface area contributed by atoms with Crippen molar-refractivity contribution in [3.05, 3.63) is 63.6 Å². The standard InChI is InChI=1S/C17H17Cl2NO3S/c1-11(12-4-6-16(7-5-12)24(3,22)23)20(2)17(21)13-8-14(18)10-15(19)9-13/h4-11H,1-3H3. The first kappa shape index (κ1) is 18.8. The van der Waals surface area contributed by atoms with Crippen molar-refractivity contribution < 1.29 is 13.2 Å². The van der Waals surface area contributed by atoms with Crippen molar-refractivity contribution >= 4 is 38.9 Å². The van der Waals surface area contributed by atoms with Gasteiger partial charge in [0.05, 0.1) is 10.9 Å². The Morgan fingerprint density at radius 1 is 1.04 bits per heavy atom. The maximum absolute atomic E-state index is 12.6. The number of carbonyl (C=O) groups is 1. The molecule has 0 saturated heterocycles. The number of rotatable bonds is 4. The molecule has 0 aliphatic carbocycles. The van der Waals surface area contributed by atoms with E-state index in [-0.39, 0.29) is 16.8 Å². The Balaban J connectivity index is 2.25. The summed E-state index contributed by atoms with van der Waals surface area (Å²) in [4.78, 5) is 14.4. The number of hydrogen-bond donors (Lipinski definition) is 0. The van der Waals surface area contributed by atoms with Crippen LogP contribution < -0.4 is 0 Å². The summed E-state index contributed by atoms with van der Waals surface area (Å²) in [5.41, 5.74) is 1.22. The molecule has 0 radical (unpaired) electrons. The minimum atomic E-state index is -3.24. The van der Waals surface area contributed by atoms with Gasteiger partial charge in [-0.3, -0.25) is 4.79 Å². The van der Waals surface area contributed by atoms with Gasteiger partial charge in [-0.2, -0.15) is 0 Å². The van der Waals surface area contributed by atoms with Crippen LogP contribution in [-0.4, -0.2) is 32.5 Å². The molecule has 4 nitrogen and oxygen atoms in total. The molecule has 2 aromatic carbocycles. The summed E-state index contributed by atoms with van der Waals surface area (Å²) in [5, 5.41) is 0.786. The number of halogens is 2. The van der Waals surface area contributed by atoms with Crippen LogP contribution in [-0.2, 0) is 9.84 Å². The Hall–Kier alpha value is -1.56. The zero-order chi connectivity index (χ0) is 18.1.